The molecule has 1 aromatic carbocycles. The van der Waals surface area contributed by atoms with Gasteiger partial charge in [-0.3, -0.25) is 4.79 Å². The van der Waals surface area contributed by atoms with E-state index in [9.17, 15) is 13.2 Å². The SMILES string of the molecule is Cc1ccc(S(=O)(=O)n2ccc(Cl)c2-c2cc3c(o2)C(=O)CCCO3)cc1. The average Bonchev–Trinajstić information content (AvgIpc) is 3.18. The maximum absolute atomic E-state index is 13.1. The second kappa shape index (κ2) is 6.58. The Morgan fingerprint density at radius 1 is 1.15 bits per heavy atom. The Bertz CT molecular complexity index is 1130. The van der Waals surface area contributed by atoms with E-state index < -0.39 is 10.0 Å². The molecule has 0 aliphatic carbocycles. The van der Waals surface area contributed by atoms with E-state index in [1.165, 1.54) is 30.5 Å². The molecule has 8 heteroatoms. The van der Waals surface area contributed by atoms with Crippen LogP contribution in [-0.4, -0.2) is 24.8 Å². The molecule has 0 unspecified atom stereocenters. The molecule has 0 saturated heterocycles. The van der Waals surface area contributed by atoms with Crippen molar-refractivity contribution >= 4 is 27.4 Å². The smallest absolute Gasteiger partial charge is 0.268 e. The Labute approximate surface area is 161 Å². The molecular weight excluding hydrogens is 390 g/mol. The summed E-state index contributed by atoms with van der Waals surface area (Å²) in [6.07, 6.45) is 2.29. The van der Waals surface area contributed by atoms with Crippen LogP contribution in [0.3, 0.4) is 0 Å². The summed E-state index contributed by atoms with van der Waals surface area (Å²) >= 11 is 6.26. The van der Waals surface area contributed by atoms with E-state index in [-0.39, 0.29) is 32.9 Å². The van der Waals surface area contributed by atoms with E-state index in [0.717, 1.165) is 9.54 Å². The van der Waals surface area contributed by atoms with E-state index in [1.54, 1.807) is 12.1 Å². The highest BCUT2D eigenvalue weighted by Crippen LogP contribution is 2.38. The first kappa shape index (κ1) is 17.9. The van der Waals surface area contributed by atoms with Gasteiger partial charge in [0.25, 0.3) is 10.0 Å². The second-order valence-electron chi connectivity index (χ2n) is 6.31. The lowest BCUT2D eigenvalue weighted by Gasteiger charge is -2.10. The Hall–Kier alpha value is -2.51. The van der Waals surface area contributed by atoms with Crippen molar-refractivity contribution in [2.75, 3.05) is 6.61 Å². The Balaban J connectivity index is 1.85. The molecule has 3 heterocycles. The number of halogens is 1. The number of aryl methyl sites for hydroxylation is 1. The fourth-order valence-corrected chi connectivity index (χ4v) is 4.61. The molecule has 1 aliphatic rings. The number of rotatable bonds is 3. The molecule has 0 radical (unpaired) electrons. The number of ether oxygens (including phenoxy) is 1. The molecule has 140 valence electrons. The number of hydrogen-bond donors (Lipinski definition) is 0. The molecule has 4 rings (SSSR count). The highest BCUT2D eigenvalue weighted by atomic mass is 35.5. The molecule has 0 spiro atoms. The summed E-state index contributed by atoms with van der Waals surface area (Å²) in [5, 5.41) is 0.196. The number of fused-ring (bicyclic) bond motifs is 1. The molecule has 0 bridgehead atoms. The van der Waals surface area contributed by atoms with E-state index >= 15 is 0 Å². The predicted molar refractivity (Wildman–Crippen MR) is 100.0 cm³/mol. The summed E-state index contributed by atoms with van der Waals surface area (Å²) in [7, 11) is -3.89. The highest BCUT2D eigenvalue weighted by Gasteiger charge is 2.28. The van der Waals surface area contributed by atoms with Crippen molar-refractivity contribution in [1.82, 2.24) is 3.97 Å². The Morgan fingerprint density at radius 3 is 2.63 bits per heavy atom. The van der Waals surface area contributed by atoms with Crippen LogP contribution < -0.4 is 4.74 Å². The third kappa shape index (κ3) is 3.07. The first-order chi connectivity index (χ1) is 12.9. The number of aromatic nitrogens is 1. The van der Waals surface area contributed by atoms with Crippen LogP contribution in [0.4, 0.5) is 0 Å². The third-order valence-corrected chi connectivity index (χ3v) is 6.37. The van der Waals surface area contributed by atoms with Crippen LogP contribution in [-0.2, 0) is 10.0 Å². The van der Waals surface area contributed by atoms with Crippen molar-refractivity contribution in [3.05, 3.63) is 58.9 Å². The minimum Gasteiger partial charge on any atom is -0.489 e. The fourth-order valence-electron chi connectivity index (χ4n) is 2.96. The monoisotopic (exact) mass is 405 g/mol. The van der Waals surface area contributed by atoms with Crippen molar-refractivity contribution in [2.45, 2.75) is 24.7 Å². The number of ketones is 1. The molecule has 0 N–H and O–H groups in total. The lowest BCUT2D eigenvalue weighted by molar-refractivity contribution is 0.0958. The van der Waals surface area contributed by atoms with Gasteiger partial charge >= 0.3 is 0 Å². The molecule has 2 aromatic heterocycles. The zero-order valence-electron chi connectivity index (χ0n) is 14.4. The number of furan rings is 1. The zero-order valence-corrected chi connectivity index (χ0v) is 16.0. The molecule has 0 atom stereocenters. The van der Waals surface area contributed by atoms with Crippen LogP contribution in [0.1, 0.15) is 29.0 Å². The molecule has 6 nitrogen and oxygen atoms in total. The Morgan fingerprint density at radius 2 is 1.89 bits per heavy atom. The average molecular weight is 406 g/mol. The molecule has 27 heavy (non-hydrogen) atoms. The highest BCUT2D eigenvalue weighted by molar-refractivity contribution is 7.90. The van der Waals surface area contributed by atoms with Crippen molar-refractivity contribution < 1.29 is 22.4 Å². The summed E-state index contributed by atoms with van der Waals surface area (Å²) in [5.41, 5.74) is 1.10. The van der Waals surface area contributed by atoms with Crippen LogP contribution in [0, 0.1) is 6.92 Å². The van der Waals surface area contributed by atoms with Gasteiger partial charge in [-0.05, 0) is 31.5 Å². The fraction of sp³-hybridized carbons (Fsp3) is 0.211. The maximum atomic E-state index is 13.1. The minimum absolute atomic E-state index is 0.0963. The first-order valence-electron chi connectivity index (χ1n) is 8.37. The number of nitrogens with zero attached hydrogens (tertiary/aromatic N) is 1. The van der Waals surface area contributed by atoms with Gasteiger partial charge in [0.15, 0.2) is 11.5 Å². The van der Waals surface area contributed by atoms with Crippen molar-refractivity contribution in [2.24, 2.45) is 0 Å². The van der Waals surface area contributed by atoms with Crippen LogP contribution >= 0.6 is 11.6 Å². The molecule has 3 aromatic rings. The Kier molecular flexibility index (Phi) is 4.36. The van der Waals surface area contributed by atoms with Crippen LogP contribution in [0.25, 0.3) is 11.5 Å². The summed E-state index contributed by atoms with van der Waals surface area (Å²) < 4.78 is 38.4. The van der Waals surface area contributed by atoms with E-state index in [1.807, 2.05) is 6.92 Å². The third-order valence-electron chi connectivity index (χ3n) is 4.37. The summed E-state index contributed by atoms with van der Waals surface area (Å²) in [6.45, 7) is 2.27. The topological polar surface area (TPSA) is 78.5 Å². The van der Waals surface area contributed by atoms with E-state index in [0.29, 0.717) is 25.2 Å². The van der Waals surface area contributed by atoms with Crippen LogP contribution in [0.2, 0.25) is 5.02 Å². The van der Waals surface area contributed by atoms with Crippen molar-refractivity contribution in [3.63, 3.8) is 0 Å². The molecule has 0 saturated carbocycles. The van der Waals surface area contributed by atoms with Gasteiger partial charge in [0, 0.05) is 18.7 Å². The van der Waals surface area contributed by atoms with E-state index in [2.05, 4.69) is 0 Å². The van der Waals surface area contributed by atoms with Gasteiger partial charge in [-0.25, -0.2) is 12.4 Å². The number of hydrogen-bond acceptors (Lipinski definition) is 5. The summed E-state index contributed by atoms with van der Waals surface area (Å²) in [5.74, 6) is 0.397. The summed E-state index contributed by atoms with van der Waals surface area (Å²) in [4.78, 5) is 12.3. The standard InChI is InChI=1S/C19H16ClNO5S/c1-12-4-6-13(7-5-12)27(23,24)21-9-8-14(20)18(21)16-11-17-19(26-16)15(22)3-2-10-25-17/h4-9,11H,2-3,10H2,1H3. The lowest BCUT2D eigenvalue weighted by atomic mass is 10.2. The molecule has 1 aliphatic heterocycles. The normalized spacial score (nSPS) is 14.5. The van der Waals surface area contributed by atoms with Crippen LogP contribution in [0.15, 0.2) is 51.9 Å². The quantitative estimate of drug-likeness (QED) is 0.649. The van der Waals surface area contributed by atoms with Crippen LogP contribution in [0.5, 0.6) is 5.75 Å². The zero-order chi connectivity index (χ0) is 19.2. The predicted octanol–water partition coefficient (Wildman–Crippen LogP) is 4.30. The van der Waals surface area contributed by atoms with Crippen molar-refractivity contribution in [3.8, 4) is 17.2 Å². The van der Waals surface area contributed by atoms with E-state index in [4.69, 9.17) is 20.8 Å². The maximum Gasteiger partial charge on any atom is 0.268 e. The molecule has 0 amide bonds. The van der Waals surface area contributed by atoms with Crippen molar-refractivity contribution in [1.29, 1.82) is 0 Å². The van der Waals surface area contributed by atoms with Gasteiger partial charge in [-0.1, -0.05) is 29.3 Å². The largest absolute Gasteiger partial charge is 0.489 e. The van der Waals surface area contributed by atoms with Gasteiger partial charge in [0.2, 0.25) is 11.5 Å². The number of Topliss-reactive ketones (excluding diaryl/α,β-unsaturated/α-hetero) is 1. The lowest BCUT2D eigenvalue weighted by Crippen LogP contribution is -2.13. The summed E-state index contributed by atoms with van der Waals surface area (Å²) in [6, 6.07) is 9.50. The molecular formula is C19H16ClNO5S. The van der Waals surface area contributed by atoms with Gasteiger partial charge in [0.05, 0.1) is 16.5 Å². The number of carbonyl (C=O) groups excluding carboxylic acids is 1. The number of benzene rings is 1. The second-order valence-corrected chi connectivity index (χ2v) is 8.53. The van der Waals surface area contributed by atoms with Gasteiger partial charge in [-0.2, -0.15) is 0 Å². The number of carbonyl (C=O) groups is 1. The first-order valence-corrected chi connectivity index (χ1v) is 10.2. The van der Waals surface area contributed by atoms with Gasteiger partial charge in [0.1, 0.15) is 5.69 Å². The minimum atomic E-state index is -3.89. The molecule has 0 fully saturated rings. The van der Waals surface area contributed by atoms with Gasteiger partial charge in [-0.15, -0.1) is 0 Å². The van der Waals surface area contributed by atoms with Gasteiger partial charge < -0.3 is 9.15 Å².